The van der Waals surface area contributed by atoms with E-state index in [1.807, 2.05) is 19.9 Å². The van der Waals surface area contributed by atoms with E-state index < -0.39 is 11.6 Å². The van der Waals surface area contributed by atoms with Gasteiger partial charge >= 0.3 is 12.1 Å². The molecule has 6 amide bonds. The normalized spacial score (nSPS) is 17.5. The zero-order valence-electron chi connectivity index (χ0n) is 24.5. The Morgan fingerprint density at radius 2 is 1.77 bits per heavy atom. The topological polar surface area (TPSA) is 118 Å². The Hall–Kier alpha value is -3.99. The van der Waals surface area contributed by atoms with Gasteiger partial charge in [-0.3, -0.25) is 14.9 Å². The van der Waals surface area contributed by atoms with Gasteiger partial charge < -0.3 is 20.0 Å². The molecule has 3 heterocycles. The molecule has 1 saturated heterocycles. The van der Waals surface area contributed by atoms with E-state index in [1.165, 1.54) is 14.7 Å². The molecule has 0 bridgehead atoms. The molecule has 0 saturated carbocycles. The monoisotopic (exact) mass is 549 g/mol. The lowest BCUT2D eigenvalue weighted by Crippen LogP contribution is -2.43. The molecule has 11 heteroatoms. The summed E-state index contributed by atoms with van der Waals surface area (Å²) in [6, 6.07) is 8.27. The Morgan fingerprint density at radius 1 is 1.07 bits per heavy atom. The zero-order chi connectivity index (χ0) is 29.6. The van der Waals surface area contributed by atoms with E-state index in [-0.39, 0.29) is 42.4 Å². The molecule has 0 spiro atoms. The number of urea groups is 2. The minimum absolute atomic E-state index is 0.0615. The van der Waals surface area contributed by atoms with E-state index in [4.69, 9.17) is 0 Å². The van der Waals surface area contributed by atoms with Crippen LogP contribution in [0, 0.1) is 0 Å². The summed E-state index contributed by atoms with van der Waals surface area (Å²) in [6.07, 6.45) is 1.55. The highest BCUT2D eigenvalue weighted by atomic mass is 16.2. The minimum Gasteiger partial charge on any atom is -0.331 e. The van der Waals surface area contributed by atoms with Crippen LogP contribution in [0.5, 0.6) is 0 Å². The van der Waals surface area contributed by atoms with Crippen LogP contribution in [-0.2, 0) is 21.5 Å². The molecule has 0 aliphatic carbocycles. The van der Waals surface area contributed by atoms with Crippen LogP contribution in [-0.4, -0.2) is 77.4 Å². The smallest absolute Gasteiger partial charge is 0.331 e. The van der Waals surface area contributed by atoms with E-state index >= 15 is 0 Å². The van der Waals surface area contributed by atoms with Gasteiger partial charge in [-0.1, -0.05) is 33.8 Å². The average Bonchev–Trinajstić information content (AvgIpc) is 3.24. The van der Waals surface area contributed by atoms with E-state index in [9.17, 15) is 19.2 Å². The van der Waals surface area contributed by atoms with Crippen LogP contribution in [0.15, 0.2) is 36.5 Å². The summed E-state index contributed by atoms with van der Waals surface area (Å²) in [7, 11) is 3.25. The van der Waals surface area contributed by atoms with Crippen LogP contribution < -0.4 is 20.4 Å². The van der Waals surface area contributed by atoms with Crippen molar-refractivity contribution in [2.75, 3.05) is 42.3 Å². The van der Waals surface area contributed by atoms with Gasteiger partial charge in [0, 0.05) is 50.5 Å². The number of benzene rings is 1. The van der Waals surface area contributed by atoms with Crippen molar-refractivity contribution >= 4 is 41.1 Å². The maximum Gasteiger partial charge on any atom is 0.332 e. The molecule has 214 valence electrons. The summed E-state index contributed by atoms with van der Waals surface area (Å²) in [4.78, 5) is 62.6. The van der Waals surface area contributed by atoms with Gasteiger partial charge in [0.05, 0.1) is 12.2 Å². The number of carbonyl (C=O) groups is 4. The number of anilines is 3. The molecule has 11 nitrogen and oxygen atoms in total. The molecule has 0 unspecified atom stereocenters. The van der Waals surface area contributed by atoms with Crippen molar-refractivity contribution in [3.8, 4) is 0 Å². The predicted octanol–water partition coefficient (Wildman–Crippen LogP) is 3.54. The van der Waals surface area contributed by atoms with E-state index in [1.54, 1.807) is 63.3 Å². The van der Waals surface area contributed by atoms with Gasteiger partial charge in [-0.2, -0.15) is 0 Å². The highest BCUT2D eigenvalue weighted by molar-refractivity contribution is 6.23. The SMILES string of the molecule is CC(C)NCC(=O)N1CC(C)(C)c2ccc(N3C(=O)N(Cc4ccnc(NC(=O)N(C)C)c4)C(C)(C)C3=O)cc21. The van der Waals surface area contributed by atoms with Gasteiger partial charge in [0.1, 0.15) is 11.4 Å². The molecule has 1 fully saturated rings. The molecule has 4 rings (SSSR count). The Bertz CT molecular complexity index is 1350. The molecule has 1 aromatic carbocycles. The highest BCUT2D eigenvalue weighted by Crippen LogP contribution is 2.44. The first-order valence-corrected chi connectivity index (χ1v) is 13.4. The van der Waals surface area contributed by atoms with Crippen molar-refractivity contribution < 1.29 is 19.2 Å². The van der Waals surface area contributed by atoms with Crippen LogP contribution in [0.2, 0.25) is 0 Å². The summed E-state index contributed by atoms with van der Waals surface area (Å²) >= 11 is 0. The van der Waals surface area contributed by atoms with Crippen molar-refractivity contribution in [2.45, 2.75) is 65.1 Å². The number of rotatable bonds is 7. The number of nitrogens with zero attached hydrogens (tertiary/aromatic N) is 5. The standard InChI is InChI=1S/C29H39N7O4/c1-18(2)31-15-24(37)34-17-28(3,4)21-10-9-20(14-22(21)34)36-25(38)29(5,6)35(27(36)40)16-19-11-12-30-23(13-19)32-26(39)33(7)8/h9-14,18,31H,15-17H2,1-8H3,(H,30,32,39). The lowest BCUT2D eigenvalue weighted by Gasteiger charge is -2.27. The van der Waals surface area contributed by atoms with Crippen molar-refractivity contribution in [3.63, 3.8) is 0 Å². The second-order valence-electron chi connectivity index (χ2n) is 12.0. The van der Waals surface area contributed by atoms with Crippen molar-refractivity contribution in [1.82, 2.24) is 20.1 Å². The summed E-state index contributed by atoms with van der Waals surface area (Å²) in [6.45, 7) is 12.4. The number of amides is 6. The number of pyridine rings is 1. The number of imide groups is 1. The molecule has 2 aliphatic rings. The fourth-order valence-electron chi connectivity index (χ4n) is 5.00. The van der Waals surface area contributed by atoms with Gasteiger partial charge in [-0.05, 0) is 49.2 Å². The number of hydrogen-bond donors (Lipinski definition) is 2. The summed E-state index contributed by atoms with van der Waals surface area (Å²) in [5, 5.41) is 5.88. The van der Waals surface area contributed by atoms with Crippen molar-refractivity contribution in [3.05, 3.63) is 47.7 Å². The fraction of sp³-hybridized carbons (Fsp3) is 0.483. The molecule has 0 radical (unpaired) electrons. The van der Waals surface area contributed by atoms with Crippen LogP contribution >= 0.6 is 0 Å². The number of hydrogen-bond acceptors (Lipinski definition) is 6. The Labute approximate surface area is 235 Å². The molecule has 2 aliphatic heterocycles. The molecule has 1 aromatic heterocycles. The van der Waals surface area contributed by atoms with Crippen LogP contribution in [0.1, 0.15) is 52.7 Å². The van der Waals surface area contributed by atoms with Gasteiger partial charge in [0.15, 0.2) is 0 Å². The Morgan fingerprint density at radius 3 is 2.42 bits per heavy atom. The van der Waals surface area contributed by atoms with Gasteiger partial charge in [-0.25, -0.2) is 19.5 Å². The third-order valence-electron chi connectivity index (χ3n) is 7.41. The van der Waals surface area contributed by atoms with Gasteiger partial charge in [-0.15, -0.1) is 0 Å². The summed E-state index contributed by atoms with van der Waals surface area (Å²) < 4.78 is 0. The molecule has 40 heavy (non-hydrogen) atoms. The predicted molar refractivity (Wildman–Crippen MR) is 154 cm³/mol. The van der Waals surface area contributed by atoms with Gasteiger partial charge in [0.25, 0.3) is 5.91 Å². The summed E-state index contributed by atoms with van der Waals surface area (Å²) in [5.74, 6) is -0.0698. The first kappa shape index (κ1) is 29.0. The summed E-state index contributed by atoms with van der Waals surface area (Å²) in [5.41, 5.74) is 1.45. The molecule has 2 aromatic rings. The number of carbonyl (C=O) groups excluding carboxylic acids is 4. The van der Waals surface area contributed by atoms with Gasteiger partial charge in [0.2, 0.25) is 5.91 Å². The molecular weight excluding hydrogens is 510 g/mol. The van der Waals surface area contributed by atoms with Crippen LogP contribution in [0.25, 0.3) is 0 Å². The maximum atomic E-state index is 13.8. The molecule has 0 atom stereocenters. The average molecular weight is 550 g/mol. The Kier molecular flexibility index (Phi) is 7.64. The lowest BCUT2D eigenvalue weighted by atomic mass is 9.87. The zero-order valence-corrected chi connectivity index (χ0v) is 24.5. The van der Waals surface area contributed by atoms with Crippen LogP contribution in [0.3, 0.4) is 0 Å². The van der Waals surface area contributed by atoms with E-state index in [2.05, 4.69) is 29.5 Å². The number of aromatic nitrogens is 1. The highest BCUT2D eigenvalue weighted by Gasteiger charge is 2.52. The van der Waals surface area contributed by atoms with Crippen LogP contribution in [0.4, 0.5) is 26.8 Å². The van der Waals surface area contributed by atoms with Crippen molar-refractivity contribution in [2.24, 2.45) is 0 Å². The molecular formula is C29H39N7O4. The van der Waals surface area contributed by atoms with E-state index in [0.717, 1.165) is 5.56 Å². The second-order valence-corrected chi connectivity index (χ2v) is 12.0. The molecule has 2 N–H and O–H groups in total. The third-order valence-corrected chi connectivity index (χ3v) is 7.41. The number of fused-ring (bicyclic) bond motifs is 1. The number of nitrogens with one attached hydrogen (secondary N) is 2. The second kappa shape index (κ2) is 10.5. The van der Waals surface area contributed by atoms with E-state index in [0.29, 0.717) is 29.3 Å². The third kappa shape index (κ3) is 5.38. The first-order chi connectivity index (χ1) is 18.6. The van der Waals surface area contributed by atoms with Crippen molar-refractivity contribution in [1.29, 1.82) is 0 Å². The maximum absolute atomic E-state index is 13.8. The Balaban J connectivity index is 1.62. The quantitative estimate of drug-likeness (QED) is 0.510. The first-order valence-electron chi connectivity index (χ1n) is 13.4. The minimum atomic E-state index is -1.12. The largest absolute Gasteiger partial charge is 0.332 e. The fourth-order valence-corrected chi connectivity index (χ4v) is 5.00. The lowest BCUT2D eigenvalue weighted by molar-refractivity contribution is -0.123.